The molecule has 0 saturated heterocycles. The van der Waals surface area contributed by atoms with Crippen molar-refractivity contribution in [1.29, 1.82) is 0 Å². The van der Waals surface area contributed by atoms with Crippen molar-refractivity contribution in [2.24, 2.45) is 0 Å². The number of hydrogen-bond acceptors (Lipinski definition) is 8. The Labute approximate surface area is 99.9 Å². The van der Waals surface area contributed by atoms with Crippen molar-refractivity contribution in [3.63, 3.8) is 0 Å². The Hall–Kier alpha value is -0.454. The first-order chi connectivity index (χ1) is 6.29. The third kappa shape index (κ3) is 4.73. The molecule has 0 aliphatic rings. The molecule has 0 saturated carbocycles. The molecule has 4 atom stereocenters. The van der Waals surface area contributed by atoms with Crippen molar-refractivity contribution in [1.82, 2.24) is 0 Å². The summed E-state index contributed by atoms with van der Waals surface area (Å²) >= 11 is 0. The van der Waals surface area contributed by atoms with Gasteiger partial charge in [-0.25, -0.2) is 0 Å². The summed E-state index contributed by atoms with van der Waals surface area (Å²) in [6.45, 7) is 0. The van der Waals surface area contributed by atoms with Crippen LogP contribution in [-0.4, -0.2) is 79.8 Å². The van der Waals surface area contributed by atoms with Crippen LogP contribution in [0.25, 0.3) is 0 Å². The maximum atomic E-state index is 9.96. The van der Waals surface area contributed by atoms with E-state index in [2.05, 4.69) is 0 Å². The summed E-state index contributed by atoms with van der Waals surface area (Å²) in [7, 11) is 0. The molecule has 0 spiro atoms. The normalized spacial score (nSPS) is 18.1. The molecule has 15 heavy (non-hydrogen) atoms. The third-order valence-corrected chi connectivity index (χ3v) is 1.48. The molecule has 0 bridgehead atoms. The molecule has 4 N–H and O–H groups in total. The molecular weight excluding hydrogens is 224 g/mol. The minimum atomic E-state index is -2.50. The van der Waals surface area contributed by atoms with Gasteiger partial charge in [-0.1, -0.05) is 0 Å². The quantitative estimate of drug-likeness (QED) is 0.340. The van der Waals surface area contributed by atoms with Crippen LogP contribution in [-0.2, 0) is 9.59 Å². The molecule has 0 aromatic rings. The first-order valence-corrected chi connectivity index (χ1v) is 3.43. The third-order valence-electron chi connectivity index (χ3n) is 1.48. The number of carboxylic acid groups (broad SMARTS) is 2. The minimum Gasteiger partial charge on any atom is -0.547 e. The number of carbonyl (C=O) groups excluding carboxylic acids is 2. The molecule has 82 valence electrons. The van der Waals surface area contributed by atoms with Gasteiger partial charge in [-0.15, -0.1) is 0 Å². The summed E-state index contributed by atoms with van der Waals surface area (Å²) in [5.41, 5.74) is 0. The molecule has 8 nitrogen and oxygen atoms in total. The second-order valence-corrected chi connectivity index (χ2v) is 2.51. The second kappa shape index (κ2) is 6.93. The maximum absolute atomic E-state index is 9.96. The van der Waals surface area contributed by atoms with Crippen LogP contribution in [0.15, 0.2) is 0 Å². The van der Waals surface area contributed by atoms with Gasteiger partial charge in [0.05, 0.1) is 11.9 Å². The van der Waals surface area contributed by atoms with E-state index < -0.39 is 36.4 Å². The van der Waals surface area contributed by atoms with Crippen molar-refractivity contribution in [2.75, 3.05) is 0 Å². The molecule has 0 amide bonds. The van der Waals surface area contributed by atoms with Gasteiger partial charge in [0.1, 0.15) is 24.4 Å². The number of rotatable bonds is 5. The predicted octanol–water partition coefficient (Wildman–Crippen LogP) is -6.45. The summed E-state index contributed by atoms with van der Waals surface area (Å²) in [5.74, 6) is -4.22. The SMILES string of the molecule is O=C([O-])C(O)C(O)C(O)C(O)C(=O)[O-].[Mg+2]. The largest absolute Gasteiger partial charge is 2.00 e. The van der Waals surface area contributed by atoms with Gasteiger partial charge < -0.3 is 40.2 Å². The molecule has 0 heterocycles. The summed E-state index contributed by atoms with van der Waals surface area (Å²) < 4.78 is 0. The number of aliphatic hydroxyl groups is 4. The van der Waals surface area contributed by atoms with Crippen LogP contribution in [0.4, 0.5) is 0 Å². The fourth-order valence-corrected chi connectivity index (χ4v) is 0.652. The molecule has 0 rings (SSSR count). The number of carboxylic acids is 2. The Bertz CT molecular complexity index is 207. The Morgan fingerprint density at radius 2 is 1.00 bits per heavy atom. The first kappa shape index (κ1) is 17.0. The van der Waals surface area contributed by atoms with E-state index in [4.69, 9.17) is 20.4 Å². The average Bonchev–Trinajstić information content (AvgIpc) is 2.12. The topological polar surface area (TPSA) is 161 Å². The average molecular weight is 232 g/mol. The van der Waals surface area contributed by atoms with E-state index in [9.17, 15) is 19.8 Å². The van der Waals surface area contributed by atoms with E-state index in [1.165, 1.54) is 0 Å². The number of carbonyl (C=O) groups is 2. The zero-order valence-electron chi connectivity index (χ0n) is 7.44. The van der Waals surface area contributed by atoms with Gasteiger partial charge in [-0.3, -0.25) is 0 Å². The van der Waals surface area contributed by atoms with Gasteiger partial charge >= 0.3 is 23.1 Å². The van der Waals surface area contributed by atoms with Gasteiger partial charge in [0, 0.05) is 0 Å². The van der Waals surface area contributed by atoms with Crippen LogP contribution in [0.1, 0.15) is 0 Å². The first-order valence-electron chi connectivity index (χ1n) is 3.43. The van der Waals surface area contributed by atoms with Crippen molar-refractivity contribution in [3.8, 4) is 0 Å². The molecule has 0 aliphatic carbocycles. The summed E-state index contributed by atoms with van der Waals surface area (Å²) in [6, 6.07) is 0. The van der Waals surface area contributed by atoms with E-state index in [-0.39, 0.29) is 23.1 Å². The fourth-order valence-electron chi connectivity index (χ4n) is 0.652. The van der Waals surface area contributed by atoms with Crippen molar-refractivity contribution in [2.45, 2.75) is 24.4 Å². The maximum Gasteiger partial charge on any atom is 2.00 e. The molecule has 0 aliphatic heterocycles. The van der Waals surface area contributed by atoms with Crippen molar-refractivity contribution in [3.05, 3.63) is 0 Å². The van der Waals surface area contributed by atoms with Gasteiger partial charge in [-0.05, 0) is 0 Å². The summed E-state index contributed by atoms with van der Waals surface area (Å²) in [6.07, 6.45) is -9.76. The Balaban J connectivity index is 0. The number of aliphatic hydroxyl groups excluding tert-OH is 4. The predicted molar refractivity (Wildman–Crippen MR) is 39.8 cm³/mol. The van der Waals surface area contributed by atoms with Gasteiger partial charge in [0.2, 0.25) is 0 Å². The monoisotopic (exact) mass is 232 g/mol. The zero-order chi connectivity index (χ0) is 11.5. The molecule has 0 radical (unpaired) electrons. The smallest absolute Gasteiger partial charge is 0.547 e. The standard InChI is InChI=1S/C6H10O8.Mg/c7-1(3(9)5(11)12)2(8)4(10)6(13)14;/h1-4,7-10H,(H,11,12)(H,13,14);/q;+2/p-2. The molecule has 0 aromatic carbocycles. The molecule has 0 aromatic heterocycles. The van der Waals surface area contributed by atoms with Crippen LogP contribution in [0.5, 0.6) is 0 Å². The minimum absolute atomic E-state index is 0. The van der Waals surface area contributed by atoms with E-state index >= 15 is 0 Å². The summed E-state index contributed by atoms with van der Waals surface area (Å²) in [4.78, 5) is 19.9. The van der Waals surface area contributed by atoms with Gasteiger partial charge in [-0.2, -0.15) is 0 Å². The van der Waals surface area contributed by atoms with Crippen LogP contribution in [0.2, 0.25) is 0 Å². The van der Waals surface area contributed by atoms with Crippen LogP contribution < -0.4 is 10.2 Å². The molecule has 0 fully saturated rings. The van der Waals surface area contributed by atoms with Gasteiger partial charge in [0.15, 0.2) is 0 Å². The summed E-state index contributed by atoms with van der Waals surface area (Å²) in [5, 5.41) is 54.7. The Morgan fingerprint density at radius 1 is 0.800 bits per heavy atom. The van der Waals surface area contributed by atoms with Gasteiger partial charge in [0.25, 0.3) is 0 Å². The van der Waals surface area contributed by atoms with E-state index in [0.29, 0.717) is 0 Å². The van der Waals surface area contributed by atoms with Crippen LogP contribution in [0.3, 0.4) is 0 Å². The van der Waals surface area contributed by atoms with E-state index in [1.54, 1.807) is 0 Å². The second-order valence-electron chi connectivity index (χ2n) is 2.51. The number of aliphatic carboxylic acids is 2. The van der Waals surface area contributed by atoms with Crippen molar-refractivity contribution >= 4 is 35.0 Å². The zero-order valence-corrected chi connectivity index (χ0v) is 8.85. The van der Waals surface area contributed by atoms with Crippen LogP contribution in [0, 0.1) is 0 Å². The molecular formula is C6H8MgO8. The Kier molecular flexibility index (Phi) is 7.83. The fraction of sp³-hybridized carbons (Fsp3) is 0.667. The van der Waals surface area contributed by atoms with E-state index in [1.807, 2.05) is 0 Å². The molecule has 9 heteroatoms. The van der Waals surface area contributed by atoms with Crippen LogP contribution >= 0.6 is 0 Å². The van der Waals surface area contributed by atoms with E-state index in [0.717, 1.165) is 0 Å². The number of hydrogen-bond donors (Lipinski definition) is 4. The Morgan fingerprint density at radius 3 is 1.13 bits per heavy atom. The van der Waals surface area contributed by atoms with Crippen molar-refractivity contribution < 1.29 is 40.2 Å². The molecule has 4 unspecified atom stereocenters.